The summed E-state index contributed by atoms with van der Waals surface area (Å²) >= 11 is 8.62. The van der Waals surface area contributed by atoms with E-state index in [9.17, 15) is 0 Å². The van der Waals surface area contributed by atoms with Gasteiger partial charge in [0.05, 0.1) is 30.2 Å². The maximum atomic E-state index is 5.32. The molecule has 2 heterocycles. The fourth-order valence-electron chi connectivity index (χ4n) is 1.73. The SMILES string of the molecule is CNC(c1cc(Br)c(Br)s1)c1ncc(OC)nc1OC. The Morgan fingerprint density at radius 1 is 1.30 bits per heavy atom. The minimum absolute atomic E-state index is 0.101. The smallest absolute Gasteiger partial charge is 0.240 e. The first-order valence-corrected chi connectivity index (χ1v) is 8.07. The van der Waals surface area contributed by atoms with Crippen molar-refractivity contribution in [3.8, 4) is 11.8 Å². The van der Waals surface area contributed by atoms with Crippen LogP contribution in [0.4, 0.5) is 0 Å². The van der Waals surface area contributed by atoms with Crippen LogP contribution in [0.5, 0.6) is 11.8 Å². The quantitative estimate of drug-likeness (QED) is 0.800. The highest BCUT2D eigenvalue weighted by molar-refractivity contribution is 9.13. The van der Waals surface area contributed by atoms with Crippen LogP contribution in [-0.2, 0) is 0 Å². The van der Waals surface area contributed by atoms with E-state index in [4.69, 9.17) is 9.47 Å². The molecule has 20 heavy (non-hydrogen) atoms. The summed E-state index contributed by atoms with van der Waals surface area (Å²) in [4.78, 5) is 9.78. The van der Waals surface area contributed by atoms with Crippen LogP contribution in [0.15, 0.2) is 20.5 Å². The minimum Gasteiger partial charge on any atom is -0.480 e. The van der Waals surface area contributed by atoms with Crippen LogP contribution < -0.4 is 14.8 Å². The third kappa shape index (κ3) is 3.13. The van der Waals surface area contributed by atoms with Crippen molar-refractivity contribution >= 4 is 43.2 Å². The van der Waals surface area contributed by atoms with E-state index in [1.807, 2.05) is 13.1 Å². The Bertz CT molecular complexity index is 587. The van der Waals surface area contributed by atoms with E-state index < -0.39 is 0 Å². The highest BCUT2D eigenvalue weighted by Gasteiger charge is 2.22. The monoisotopic (exact) mass is 421 g/mol. The van der Waals surface area contributed by atoms with Crippen LogP contribution in [-0.4, -0.2) is 31.2 Å². The Balaban J connectivity index is 2.46. The minimum atomic E-state index is -0.101. The summed E-state index contributed by atoms with van der Waals surface area (Å²) in [5.74, 6) is 0.873. The summed E-state index contributed by atoms with van der Waals surface area (Å²) < 4.78 is 12.4. The average Bonchev–Trinajstić information content (AvgIpc) is 2.79. The lowest BCUT2D eigenvalue weighted by atomic mass is 10.1. The van der Waals surface area contributed by atoms with Crippen molar-refractivity contribution in [1.29, 1.82) is 0 Å². The fourth-order valence-corrected chi connectivity index (χ4v) is 3.94. The number of halogens is 2. The topological polar surface area (TPSA) is 56.3 Å². The normalized spacial score (nSPS) is 12.2. The highest BCUT2D eigenvalue weighted by atomic mass is 79.9. The molecule has 8 heteroatoms. The summed E-state index contributed by atoms with van der Waals surface area (Å²) in [6, 6.07) is 1.94. The molecule has 5 nitrogen and oxygen atoms in total. The summed E-state index contributed by atoms with van der Waals surface area (Å²) in [5.41, 5.74) is 0.719. The molecule has 2 aromatic rings. The predicted octanol–water partition coefficient (Wildman–Crippen LogP) is 3.39. The number of ether oxygens (including phenoxy) is 2. The summed E-state index contributed by atoms with van der Waals surface area (Å²) in [6.45, 7) is 0. The van der Waals surface area contributed by atoms with E-state index in [2.05, 4.69) is 47.1 Å². The second-order valence-electron chi connectivity index (χ2n) is 3.80. The Labute approximate surface area is 138 Å². The van der Waals surface area contributed by atoms with Gasteiger partial charge in [0.1, 0.15) is 5.69 Å². The van der Waals surface area contributed by atoms with Gasteiger partial charge in [-0.15, -0.1) is 11.3 Å². The highest BCUT2D eigenvalue weighted by Crippen LogP contribution is 2.38. The van der Waals surface area contributed by atoms with E-state index in [1.165, 1.54) is 0 Å². The van der Waals surface area contributed by atoms with Gasteiger partial charge in [0.25, 0.3) is 0 Å². The van der Waals surface area contributed by atoms with E-state index in [0.29, 0.717) is 11.8 Å². The van der Waals surface area contributed by atoms with Crippen molar-refractivity contribution in [3.05, 3.63) is 31.1 Å². The van der Waals surface area contributed by atoms with Crippen LogP contribution >= 0.6 is 43.2 Å². The molecular formula is C12H13Br2N3O2S. The maximum Gasteiger partial charge on any atom is 0.240 e. The van der Waals surface area contributed by atoms with Gasteiger partial charge in [-0.05, 0) is 45.0 Å². The second kappa shape index (κ2) is 6.84. The van der Waals surface area contributed by atoms with Crippen LogP contribution in [0.2, 0.25) is 0 Å². The molecule has 0 aliphatic rings. The number of thiophene rings is 1. The van der Waals surface area contributed by atoms with Gasteiger partial charge in [-0.1, -0.05) is 0 Å². The number of hydrogen-bond acceptors (Lipinski definition) is 6. The Morgan fingerprint density at radius 3 is 2.55 bits per heavy atom. The molecule has 0 saturated carbocycles. The fraction of sp³-hybridized carbons (Fsp3) is 0.333. The predicted molar refractivity (Wildman–Crippen MR) is 85.8 cm³/mol. The number of methoxy groups -OCH3 is 2. The largest absolute Gasteiger partial charge is 0.480 e. The van der Waals surface area contributed by atoms with Gasteiger partial charge in [-0.3, -0.25) is 0 Å². The lowest BCUT2D eigenvalue weighted by molar-refractivity contribution is 0.353. The van der Waals surface area contributed by atoms with Crippen LogP contribution in [0.25, 0.3) is 0 Å². The van der Waals surface area contributed by atoms with Crippen molar-refractivity contribution < 1.29 is 9.47 Å². The summed E-state index contributed by atoms with van der Waals surface area (Å²) in [6.07, 6.45) is 1.58. The summed E-state index contributed by atoms with van der Waals surface area (Å²) in [7, 11) is 4.99. The molecule has 0 amide bonds. The van der Waals surface area contributed by atoms with Gasteiger partial charge in [0.2, 0.25) is 11.8 Å². The van der Waals surface area contributed by atoms with Gasteiger partial charge in [0.15, 0.2) is 0 Å². The molecule has 1 atom stereocenters. The average molecular weight is 423 g/mol. The standard InChI is InChI=1S/C12H13Br2N3O2S/c1-15-9(7-4-6(13)11(14)20-7)10-12(19-3)17-8(18-2)5-16-10/h4-5,9,15H,1-3H3. The first-order valence-electron chi connectivity index (χ1n) is 5.67. The Kier molecular flexibility index (Phi) is 5.36. The maximum absolute atomic E-state index is 5.32. The zero-order valence-electron chi connectivity index (χ0n) is 11.1. The lowest BCUT2D eigenvalue weighted by Crippen LogP contribution is -2.19. The third-order valence-corrected chi connectivity index (χ3v) is 5.98. The molecule has 1 unspecified atom stereocenters. The molecule has 108 valence electrons. The molecule has 2 rings (SSSR count). The number of rotatable bonds is 5. The molecule has 2 aromatic heterocycles. The number of nitrogens with zero attached hydrogens (tertiary/aromatic N) is 2. The van der Waals surface area contributed by atoms with Crippen LogP contribution in [0.1, 0.15) is 16.6 Å². The van der Waals surface area contributed by atoms with Crippen LogP contribution in [0, 0.1) is 0 Å². The molecule has 0 aliphatic heterocycles. The molecule has 0 saturated heterocycles. The van der Waals surface area contributed by atoms with Gasteiger partial charge >= 0.3 is 0 Å². The molecular weight excluding hydrogens is 410 g/mol. The zero-order valence-corrected chi connectivity index (χ0v) is 15.1. The van der Waals surface area contributed by atoms with Crippen LogP contribution in [0.3, 0.4) is 0 Å². The third-order valence-electron chi connectivity index (χ3n) is 2.66. The van der Waals surface area contributed by atoms with Gasteiger partial charge in [0, 0.05) is 9.35 Å². The Morgan fingerprint density at radius 2 is 2.05 bits per heavy atom. The van der Waals surface area contributed by atoms with Crippen molar-refractivity contribution in [2.45, 2.75) is 6.04 Å². The van der Waals surface area contributed by atoms with Crippen molar-refractivity contribution in [3.63, 3.8) is 0 Å². The first-order chi connectivity index (χ1) is 9.60. The molecule has 0 bridgehead atoms. The van der Waals surface area contributed by atoms with E-state index >= 15 is 0 Å². The lowest BCUT2D eigenvalue weighted by Gasteiger charge is -2.16. The molecule has 0 aliphatic carbocycles. The molecule has 0 spiro atoms. The van der Waals surface area contributed by atoms with Gasteiger partial charge < -0.3 is 14.8 Å². The molecule has 1 N–H and O–H groups in total. The molecule has 0 aromatic carbocycles. The van der Waals surface area contributed by atoms with Gasteiger partial charge in [-0.2, -0.15) is 4.98 Å². The van der Waals surface area contributed by atoms with E-state index in [-0.39, 0.29) is 6.04 Å². The van der Waals surface area contributed by atoms with E-state index in [1.54, 1.807) is 31.8 Å². The van der Waals surface area contributed by atoms with Crippen molar-refractivity contribution in [2.24, 2.45) is 0 Å². The number of hydrogen-bond donors (Lipinski definition) is 1. The summed E-state index contributed by atoms with van der Waals surface area (Å²) in [5, 5.41) is 3.23. The van der Waals surface area contributed by atoms with Crippen molar-refractivity contribution in [1.82, 2.24) is 15.3 Å². The van der Waals surface area contributed by atoms with E-state index in [0.717, 1.165) is 18.8 Å². The zero-order chi connectivity index (χ0) is 14.7. The van der Waals surface area contributed by atoms with Gasteiger partial charge in [-0.25, -0.2) is 4.98 Å². The first kappa shape index (κ1) is 15.7. The van der Waals surface area contributed by atoms with Crippen molar-refractivity contribution in [2.75, 3.05) is 21.3 Å². The number of nitrogens with one attached hydrogen (secondary N) is 1. The number of aromatic nitrogens is 2. The second-order valence-corrected chi connectivity index (χ2v) is 7.05. The molecule has 0 fully saturated rings. The molecule has 0 radical (unpaired) electrons. The Hall–Kier alpha value is -0.700.